The van der Waals surface area contributed by atoms with Gasteiger partial charge in [0.15, 0.2) is 5.82 Å². The molecule has 0 saturated heterocycles. The zero-order chi connectivity index (χ0) is 21.6. The van der Waals surface area contributed by atoms with Gasteiger partial charge in [-0.25, -0.2) is 0 Å². The van der Waals surface area contributed by atoms with E-state index >= 15 is 0 Å². The Morgan fingerprint density at radius 2 is 1.90 bits per heavy atom. The number of halogens is 3. The topological polar surface area (TPSA) is 77.2 Å². The van der Waals surface area contributed by atoms with Crippen molar-refractivity contribution in [2.45, 2.75) is 23.7 Å². The summed E-state index contributed by atoms with van der Waals surface area (Å²) in [4.78, 5) is 17.4. The first-order chi connectivity index (χ1) is 14.3. The number of rotatable bonds is 8. The number of aryl methyl sites for hydroxylation is 1. The molecular formula is C20H18F3N3O3S. The van der Waals surface area contributed by atoms with Gasteiger partial charge in [0.1, 0.15) is 12.4 Å². The van der Waals surface area contributed by atoms with Crippen molar-refractivity contribution >= 4 is 17.7 Å². The van der Waals surface area contributed by atoms with Gasteiger partial charge in [0.05, 0.1) is 23.4 Å². The van der Waals surface area contributed by atoms with Gasteiger partial charge in [-0.05, 0) is 43.3 Å². The van der Waals surface area contributed by atoms with Crippen molar-refractivity contribution in [2.75, 3.05) is 13.2 Å². The van der Waals surface area contributed by atoms with Gasteiger partial charge in [-0.3, -0.25) is 4.79 Å². The molecule has 1 heterocycles. The number of hydrogen-bond acceptors (Lipinski definition) is 6. The van der Waals surface area contributed by atoms with Gasteiger partial charge in [0, 0.05) is 4.90 Å². The first-order valence-electron chi connectivity index (χ1n) is 8.92. The second kappa shape index (κ2) is 9.66. The number of aromatic nitrogens is 2. The number of amides is 1. The van der Waals surface area contributed by atoms with Crippen LogP contribution in [0.4, 0.5) is 13.2 Å². The quantitative estimate of drug-likeness (QED) is 0.413. The van der Waals surface area contributed by atoms with Crippen LogP contribution in [0.1, 0.15) is 27.6 Å². The smallest absolute Gasteiger partial charge is 0.416 e. The highest BCUT2D eigenvalue weighted by Crippen LogP contribution is 2.30. The van der Waals surface area contributed by atoms with Crippen LogP contribution in [0.3, 0.4) is 0 Å². The molecule has 3 aromatic rings. The van der Waals surface area contributed by atoms with Crippen molar-refractivity contribution in [3.8, 4) is 5.75 Å². The summed E-state index contributed by atoms with van der Waals surface area (Å²) in [6, 6.07) is 11.5. The van der Waals surface area contributed by atoms with Crippen LogP contribution in [0, 0.1) is 6.92 Å². The number of ether oxygens (including phenoxy) is 1. The second-order valence-corrected chi connectivity index (χ2v) is 7.16. The van der Waals surface area contributed by atoms with Gasteiger partial charge in [0.2, 0.25) is 5.89 Å². The van der Waals surface area contributed by atoms with Crippen molar-refractivity contribution in [1.29, 1.82) is 0 Å². The third-order valence-electron chi connectivity index (χ3n) is 3.89. The highest BCUT2D eigenvalue weighted by Gasteiger charge is 2.30. The molecule has 0 saturated carbocycles. The molecule has 10 heteroatoms. The van der Waals surface area contributed by atoms with Crippen LogP contribution in [-0.2, 0) is 11.9 Å². The standard InChI is InChI=1S/C20H18F3N3O3S/c1-13-25-18(29-26-13)12-30-17-5-3-2-4-16(17)19(27)24-10-11-28-15-8-6-14(7-9-15)20(21,22)23/h2-9H,10-12H2,1H3,(H,24,27). The summed E-state index contributed by atoms with van der Waals surface area (Å²) in [6.07, 6.45) is -4.39. The first kappa shape index (κ1) is 21.7. The molecule has 0 radical (unpaired) electrons. The minimum absolute atomic E-state index is 0.119. The van der Waals surface area contributed by atoms with Crippen LogP contribution in [0.15, 0.2) is 57.9 Å². The van der Waals surface area contributed by atoms with Crippen molar-refractivity contribution in [1.82, 2.24) is 15.5 Å². The Bertz CT molecular complexity index is 991. The minimum atomic E-state index is -4.39. The van der Waals surface area contributed by atoms with E-state index in [1.54, 1.807) is 19.1 Å². The molecule has 1 amide bonds. The zero-order valence-electron chi connectivity index (χ0n) is 15.9. The molecule has 0 aliphatic heterocycles. The molecule has 0 spiro atoms. The summed E-state index contributed by atoms with van der Waals surface area (Å²) >= 11 is 1.40. The van der Waals surface area contributed by atoms with Crippen molar-refractivity contribution in [3.63, 3.8) is 0 Å². The van der Waals surface area contributed by atoms with Gasteiger partial charge in [0.25, 0.3) is 5.91 Å². The Kier molecular flexibility index (Phi) is 6.99. The maximum absolute atomic E-state index is 12.6. The average Bonchev–Trinajstić information content (AvgIpc) is 3.14. The fourth-order valence-corrected chi connectivity index (χ4v) is 3.37. The van der Waals surface area contributed by atoms with Gasteiger partial charge in [-0.2, -0.15) is 18.2 Å². The summed E-state index contributed by atoms with van der Waals surface area (Å²) in [6.45, 7) is 2.04. The largest absolute Gasteiger partial charge is 0.492 e. The Morgan fingerprint density at radius 1 is 1.17 bits per heavy atom. The molecule has 2 aromatic carbocycles. The van der Waals surface area contributed by atoms with Crippen molar-refractivity contribution < 1.29 is 27.2 Å². The SMILES string of the molecule is Cc1noc(CSc2ccccc2C(=O)NCCOc2ccc(C(F)(F)F)cc2)n1. The van der Waals surface area contributed by atoms with Crippen LogP contribution in [0.25, 0.3) is 0 Å². The van der Waals surface area contributed by atoms with E-state index in [1.165, 1.54) is 23.9 Å². The Labute approximate surface area is 174 Å². The number of carbonyl (C=O) groups is 1. The van der Waals surface area contributed by atoms with Crippen LogP contribution in [0.5, 0.6) is 5.75 Å². The van der Waals surface area contributed by atoms with Gasteiger partial charge >= 0.3 is 6.18 Å². The highest BCUT2D eigenvalue weighted by molar-refractivity contribution is 7.98. The molecule has 0 aliphatic carbocycles. The van der Waals surface area contributed by atoms with E-state index in [9.17, 15) is 18.0 Å². The number of thioether (sulfide) groups is 1. The normalized spacial score (nSPS) is 11.3. The van der Waals surface area contributed by atoms with Crippen LogP contribution in [-0.4, -0.2) is 29.2 Å². The van der Waals surface area contributed by atoms with E-state index in [0.717, 1.165) is 17.0 Å². The Morgan fingerprint density at radius 3 is 2.57 bits per heavy atom. The molecular weight excluding hydrogens is 419 g/mol. The van der Waals surface area contributed by atoms with E-state index < -0.39 is 11.7 Å². The highest BCUT2D eigenvalue weighted by atomic mass is 32.2. The van der Waals surface area contributed by atoms with E-state index in [4.69, 9.17) is 9.26 Å². The molecule has 0 fully saturated rings. The summed E-state index contributed by atoms with van der Waals surface area (Å²) in [7, 11) is 0. The van der Waals surface area contributed by atoms with Gasteiger partial charge < -0.3 is 14.6 Å². The van der Waals surface area contributed by atoms with Gasteiger partial charge in [-0.1, -0.05) is 17.3 Å². The number of nitrogens with one attached hydrogen (secondary N) is 1. The van der Waals surface area contributed by atoms with E-state index in [-0.39, 0.29) is 19.1 Å². The molecule has 3 rings (SSSR count). The predicted molar refractivity (Wildman–Crippen MR) is 104 cm³/mol. The third-order valence-corrected chi connectivity index (χ3v) is 4.95. The lowest BCUT2D eigenvalue weighted by atomic mass is 10.2. The maximum Gasteiger partial charge on any atom is 0.416 e. The summed E-state index contributed by atoms with van der Waals surface area (Å²) in [5.74, 6) is 1.46. The van der Waals surface area contributed by atoms with E-state index in [1.807, 2.05) is 12.1 Å². The fraction of sp³-hybridized carbons (Fsp3) is 0.250. The van der Waals surface area contributed by atoms with Crippen LogP contribution in [0.2, 0.25) is 0 Å². The molecule has 6 nitrogen and oxygen atoms in total. The number of carbonyl (C=O) groups excluding carboxylic acids is 1. The summed E-state index contributed by atoms with van der Waals surface area (Å²) < 4.78 is 48.1. The lowest BCUT2D eigenvalue weighted by Gasteiger charge is -2.11. The van der Waals surface area contributed by atoms with Crippen molar-refractivity contribution in [2.24, 2.45) is 0 Å². The average molecular weight is 437 g/mol. The maximum atomic E-state index is 12.6. The molecule has 158 valence electrons. The van der Waals surface area contributed by atoms with Crippen molar-refractivity contribution in [3.05, 3.63) is 71.4 Å². The second-order valence-electron chi connectivity index (χ2n) is 6.15. The Hall–Kier alpha value is -3.01. The summed E-state index contributed by atoms with van der Waals surface area (Å²) in [5, 5.41) is 6.47. The number of nitrogens with zero attached hydrogens (tertiary/aromatic N) is 2. The lowest BCUT2D eigenvalue weighted by molar-refractivity contribution is -0.137. The summed E-state index contributed by atoms with van der Waals surface area (Å²) in [5.41, 5.74) is -0.249. The zero-order valence-corrected chi connectivity index (χ0v) is 16.7. The minimum Gasteiger partial charge on any atom is -0.492 e. The first-order valence-corrected chi connectivity index (χ1v) is 9.91. The number of alkyl halides is 3. The van der Waals surface area contributed by atoms with E-state index in [0.29, 0.717) is 28.8 Å². The van der Waals surface area contributed by atoms with Gasteiger partial charge in [-0.15, -0.1) is 11.8 Å². The Balaban J connectivity index is 1.49. The van der Waals surface area contributed by atoms with Crippen LogP contribution >= 0.6 is 11.8 Å². The molecule has 0 unspecified atom stereocenters. The fourth-order valence-electron chi connectivity index (χ4n) is 2.49. The lowest BCUT2D eigenvalue weighted by Crippen LogP contribution is -2.28. The molecule has 30 heavy (non-hydrogen) atoms. The molecule has 0 aliphatic rings. The molecule has 1 aromatic heterocycles. The number of benzene rings is 2. The molecule has 1 N–H and O–H groups in total. The van der Waals surface area contributed by atoms with E-state index in [2.05, 4.69) is 15.5 Å². The predicted octanol–water partition coefficient (Wildman–Crippen LogP) is 4.50. The van der Waals surface area contributed by atoms with Crippen LogP contribution < -0.4 is 10.1 Å². The molecule has 0 atom stereocenters. The monoisotopic (exact) mass is 437 g/mol. The number of hydrogen-bond donors (Lipinski definition) is 1. The molecule has 0 bridgehead atoms. The third kappa shape index (κ3) is 5.99.